The minimum Gasteiger partial charge on any atom is -0.348 e. The number of hydrogen-bond acceptors (Lipinski definition) is 7. The monoisotopic (exact) mass is 530 g/mol. The summed E-state index contributed by atoms with van der Waals surface area (Å²) in [4.78, 5) is 36.7. The van der Waals surface area contributed by atoms with Gasteiger partial charge in [-0.2, -0.15) is 4.98 Å². The first-order valence-corrected chi connectivity index (χ1v) is 12.8. The molecule has 5 rings (SSSR count). The lowest BCUT2D eigenvalue weighted by atomic mass is 9.96. The molecule has 0 bridgehead atoms. The van der Waals surface area contributed by atoms with Crippen molar-refractivity contribution in [2.24, 2.45) is 5.92 Å². The van der Waals surface area contributed by atoms with Crippen molar-refractivity contribution in [3.63, 3.8) is 0 Å². The lowest BCUT2D eigenvalue weighted by Gasteiger charge is -2.31. The van der Waals surface area contributed by atoms with Crippen molar-refractivity contribution in [2.75, 3.05) is 18.4 Å². The molecule has 10 heteroatoms. The number of halogens is 1. The van der Waals surface area contributed by atoms with Crippen LogP contribution in [0.25, 0.3) is 11.4 Å². The Bertz CT molecular complexity index is 1410. The zero-order valence-electron chi connectivity index (χ0n) is 20.6. The fourth-order valence-electron chi connectivity index (χ4n) is 4.47. The number of carbonyl (C=O) groups excluding carboxylic acids is 2. The summed E-state index contributed by atoms with van der Waals surface area (Å²) in [5, 5.41) is 10.5. The van der Waals surface area contributed by atoms with E-state index in [9.17, 15) is 9.59 Å². The Hall–Kier alpha value is -4.08. The highest BCUT2D eigenvalue weighted by molar-refractivity contribution is 6.30. The van der Waals surface area contributed by atoms with E-state index in [4.69, 9.17) is 16.1 Å². The zero-order valence-corrected chi connectivity index (χ0v) is 21.4. The number of piperidine rings is 1. The van der Waals surface area contributed by atoms with Gasteiger partial charge >= 0.3 is 0 Å². The van der Waals surface area contributed by atoms with Gasteiger partial charge in [0.25, 0.3) is 5.91 Å². The second-order valence-electron chi connectivity index (χ2n) is 9.18. The first kappa shape index (κ1) is 25.6. The highest BCUT2D eigenvalue weighted by Gasteiger charge is 2.28. The number of aromatic nitrogens is 3. The molecule has 1 aliphatic heterocycles. The summed E-state index contributed by atoms with van der Waals surface area (Å²) in [6, 6.07) is 18.0. The average Bonchev–Trinajstić information content (AvgIpc) is 3.41. The van der Waals surface area contributed by atoms with Crippen LogP contribution in [0.5, 0.6) is 0 Å². The molecule has 0 aliphatic carbocycles. The molecular weight excluding hydrogens is 504 g/mol. The lowest BCUT2D eigenvalue weighted by Crippen LogP contribution is -2.40. The molecule has 4 aromatic rings. The smallest absolute Gasteiger partial charge is 0.253 e. The molecule has 2 amide bonds. The summed E-state index contributed by atoms with van der Waals surface area (Å²) in [5.41, 5.74) is 2.58. The van der Waals surface area contributed by atoms with Gasteiger partial charge in [0.1, 0.15) is 0 Å². The van der Waals surface area contributed by atoms with Gasteiger partial charge in [-0.15, -0.1) is 0 Å². The summed E-state index contributed by atoms with van der Waals surface area (Å²) in [7, 11) is 0. The first-order valence-electron chi connectivity index (χ1n) is 12.4. The maximum absolute atomic E-state index is 13.2. The predicted molar refractivity (Wildman–Crippen MR) is 143 cm³/mol. The van der Waals surface area contributed by atoms with E-state index in [1.54, 1.807) is 48.8 Å². The number of rotatable bonds is 8. The van der Waals surface area contributed by atoms with Gasteiger partial charge in [-0.25, -0.2) is 0 Å². The molecule has 9 nitrogen and oxygen atoms in total. The molecule has 1 unspecified atom stereocenters. The Morgan fingerprint density at radius 3 is 2.84 bits per heavy atom. The van der Waals surface area contributed by atoms with Gasteiger partial charge < -0.3 is 15.2 Å². The van der Waals surface area contributed by atoms with E-state index >= 15 is 0 Å². The van der Waals surface area contributed by atoms with Crippen molar-refractivity contribution < 1.29 is 14.1 Å². The predicted octanol–water partition coefficient (Wildman–Crippen LogP) is 4.57. The van der Waals surface area contributed by atoms with E-state index in [0.717, 1.165) is 30.5 Å². The van der Waals surface area contributed by atoms with Crippen LogP contribution in [0.4, 0.5) is 5.69 Å². The summed E-state index contributed by atoms with van der Waals surface area (Å²) in [6.45, 7) is 2.17. The molecule has 38 heavy (non-hydrogen) atoms. The highest BCUT2D eigenvalue weighted by atomic mass is 35.5. The number of anilines is 1. The number of pyridine rings is 1. The van der Waals surface area contributed by atoms with Crippen LogP contribution in [0.1, 0.15) is 34.7 Å². The van der Waals surface area contributed by atoms with E-state index in [2.05, 4.69) is 30.7 Å². The third-order valence-corrected chi connectivity index (χ3v) is 6.63. The van der Waals surface area contributed by atoms with Gasteiger partial charge in [0.2, 0.25) is 17.6 Å². The van der Waals surface area contributed by atoms with Gasteiger partial charge in [-0.1, -0.05) is 47.1 Å². The second kappa shape index (κ2) is 12.0. The van der Waals surface area contributed by atoms with Crippen molar-refractivity contribution in [1.29, 1.82) is 0 Å². The van der Waals surface area contributed by atoms with Crippen LogP contribution in [-0.2, 0) is 17.9 Å². The van der Waals surface area contributed by atoms with Crippen LogP contribution in [0.3, 0.4) is 0 Å². The number of carbonyl (C=O) groups is 2. The average molecular weight is 531 g/mol. The minimum atomic E-state index is -0.262. The van der Waals surface area contributed by atoms with Crippen LogP contribution in [0, 0.1) is 5.92 Å². The fourth-order valence-corrected chi connectivity index (χ4v) is 4.66. The van der Waals surface area contributed by atoms with E-state index < -0.39 is 0 Å². The molecule has 194 valence electrons. The number of nitrogens with one attached hydrogen (secondary N) is 2. The Morgan fingerprint density at radius 1 is 1.11 bits per heavy atom. The third-order valence-electron chi connectivity index (χ3n) is 6.39. The van der Waals surface area contributed by atoms with Crippen LogP contribution in [0.15, 0.2) is 77.6 Å². The molecule has 2 N–H and O–H groups in total. The molecule has 1 fully saturated rings. The third kappa shape index (κ3) is 6.42. The van der Waals surface area contributed by atoms with Crippen molar-refractivity contribution in [2.45, 2.75) is 25.9 Å². The van der Waals surface area contributed by atoms with E-state index in [-0.39, 0.29) is 17.7 Å². The first-order chi connectivity index (χ1) is 18.5. The number of likely N-dealkylation sites (tertiary alicyclic amines) is 1. The normalized spacial score (nSPS) is 15.7. The summed E-state index contributed by atoms with van der Waals surface area (Å²) in [5.74, 6) is 0.351. The maximum atomic E-state index is 13.2. The molecule has 1 saturated heterocycles. The Kier molecular flexibility index (Phi) is 8.06. The Balaban J connectivity index is 1.19. The van der Waals surface area contributed by atoms with E-state index in [1.807, 2.05) is 24.3 Å². The second-order valence-corrected chi connectivity index (χ2v) is 9.61. The molecule has 0 radical (unpaired) electrons. The number of benzene rings is 2. The van der Waals surface area contributed by atoms with Gasteiger partial charge in [-0.3, -0.25) is 19.5 Å². The summed E-state index contributed by atoms with van der Waals surface area (Å²) >= 11 is 6.07. The molecule has 0 saturated carbocycles. The SMILES string of the molecule is O=C(NCc1cccnc1)c1ccccc1NC(=O)C1CCCN(Cc2nc(-c3cccc(Cl)c3)no2)C1. The van der Waals surface area contributed by atoms with Gasteiger partial charge in [0.05, 0.1) is 23.7 Å². The topological polar surface area (TPSA) is 113 Å². The molecule has 1 atom stereocenters. The van der Waals surface area contributed by atoms with Crippen molar-refractivity contribution >= 4 is 29.1 Å². The minimum absolute atomic E-state index is 0.118. The zero-order chi connectivity index (χ0) is 26.3. The summed E-state index contributed by atoms with van der Waals surface area (Å²) in [6.07, 6.45) is 5.01. The maximum Gasteiger partial charge on any atom is 0.253 e. The molecule has 2 aromatic heterocycles. The fraction of sp³-hybridized carbons (Fsp3) is 0.250. The number of para-hydroxylation sites is 1. The van der Waals surface area contributed by atoms with E-state index in [1.165, 1.54) is 0 Å². The number of amides is 2. The quantitative estimate of drug-likeness (QED) is 0.343. The van der Waals surface area contributed by atoms with Crippen LogP contribution < -0.4 is 10.6 Å². The number of hydrogen-bond donors (Lipinski definition) is 2. The van der Waals surface area contributed by atoms with Crippen molar-refractivity contribution in [3.8, 4) is 11.4 Å². The number of nitrogens with zero attached hydrogens (tertiary/aromatic N) is 4. The van der Waals surface area contributed by atoms with Gasteiger partial charge in [-0.05, 0) is 55.3 Å². The van der Waals surface area contributed by atoms with Gasteiger partial charge in [0.15, 0.2) is 0 Å². The summed E-state index contributed by atoms with van der Waals surface area (Å²) < 4.78 is 5.46. The van der Waals surface area contributed by atoms with Crippen molar-refractivity contribution in [1.82, 2.24) is 25.3 Å². The Labute approximate surface area is 225 Å². The largest absolute Gasteiger partial charge is 0.348 e. The van der Waals surface area contributed by atoms with E-state index in [0.29, 0.717) is 47.6 Å². The van der Waals surface area contributed by atoms with Crippen LogP contribution in [0.2, 0.25) is 5.02 Å². The lowest BCUT2D eigenvalue weighted by molar-refractivity contribution is -0.121. The standard InChI is InChI=1S/C28H27ClN6O3/c29-22-9-3-7-20(14-22)26-33-25(38-34-26)18-35-13-5-8-21(17-35)27(36)32-24-11-2-1-10-23(24)28(37)31-16-19-6-4-12-30-15-19/h1-4,6-7,9-12,14-15,21H,5,8,13,16-18H2,(H,31,37)(H,32,36). The van der Waals surface area contributed by atoms with Crippen LogP contribution >= 0.6 is 11.6 Å². The Morgan fingerprint density at radius 2 is 2.00 bits per heavy atom. The molecular formula is C28H27ClN6O3. The molecule has 3 heterocycles. The van der Waals surface area contributed by atoms with Crippen molar-refractivity contribution in [3.05, 3.63) is 95.1 Å². The molecule has 0 spiro atoms. The highest BCUT2D eigenvalue weighted by Crippen LogP contribution is 2.24. The molecule has 1 aliphatic rings. The van der Waals surface area contributed by atoms with Gasteiger partial charge in [0, 0.05) is 36.1 Å². The van der Waals surface area contributed by atoms with Crippen LogP contribution in [-0.4, -0.2) is 44.9 Å². The molecule has 2 aromatic carbocycles.